The van der Waals surface area contributed by atoms with Crippen LogP contribution in [0.3, 0.4) is 0 Å². The van der Waals surface area contributed by atoms with Gasteiger partial charge in [-0.1, -0.05) is 0 Å². The number of nitrogens with zero attached hydrogens (tertiary/aromatic N) is 2. The second-order valence-electron chi connectivity index (χ2n) is 8.46. The van der Waals surface area contributed by atoms with Crippen molar-refractivity contribution in [1.82, 2.24) is 9.80 Å². The number of halogens is 3. The van der Waals surface area contributed by atoms with Crippen molar-refractivity contribution in [2.24, 2.45) is 0 Å². The van der Waals surface area contributed by atoms with Crippen LogP contribution in [0.4, 0.5) is 18.0 Å². The molecule has 3 aliphatic heterocycles. The molecule has 2 bridgehead atoms. The fourth-order valence-corrected chi connectivity index (χ4v) is 4.15. The fraction of sp³-hybridized carbons (Fsp3) is 0.824. The highest BCUT2D eigenvalue weighted by molar-refractivity contribution is 7.87. The highest BCUT2D eigenvalue weighted by atomic mass is 32.2. The minimum absolute atomic E-state index is 0.0494. The van der Waals surface area contributed by atoms with Crippen LogP contribution < -0.4 is 0 Å². The van der Waals surface area contributed by atoms with Crippen LogP contribution in [0, 0.1) is 0 Å². The van der Waals surface area contributed by atoms with Crippen LogP contribution >= 0.6 is 0 Å². The van der Waals surface area contributed by atoms with Gasteiger partial charge in [0.05, 0.1) is 6.04 Å². The Labute approximate surface area is 172 Å². The first-order valence-corrected chi connectivity index (χ1v) is 10.7. The Morgan fingerprint density at radius 2 is 1.77 bits per heavy atom. The smallest absolute Gasteiger partial charge is 0.444 e. The molecule has 0 radical (unpaired) electrons. The van der Waals surface area contributed by atoms with E-state index in [1.165, 1.54) is 4.90 Å². The molecule has 0 aromatic carbocycles. The lowest BCUT2D eigenvalue weighted by Crippen LogP contribution is -2.64. The van der Waals surface area contributed by atoms with Crippen molar-refractivity contribution >= 4 is 16.2 Å². The third kappa shape index (κ3) is 4.53. The number of ether oxygens (including phenoxy) is 3. The van der Waals surface area contributed by atoms with Crippen LogP contribution in [0.1, 0.15) is 34.1 Å². The predicted octanol–water partition coefficient (Wildman–Crippen LogP) is 2.15. The number of hydrogen-bond acceptors (Lipinski definition) is 8. The number of amides is 1. The SMILES string of the molecule is CC1OC(C2=C(OS(=O)(=O)C(F)(F)F)CC3CN(C(=O)OC(C)(C)C)CC2N3C)O1. The van der Waals surface area contributed by atoms with Crippen LogP contribution in [-0.4, -0.2) is 80.2 Å². The first-order chi connectivity index (χ1) is 13.6. The average molecular weight is 458 g/mol. The number of carbonyl (C=O) groups is 1. The molecule has 1 amide bonds. The van der Waals surface area contributed by atoms with E-state index >= 15 is 0 Å². The molecule has 3 aliphatic rings. The number of hydrogen-bond donors (Lipinski definition) is 0. The molecular formula is C17H25F3N2O7S. The molecule has 2 saturated heterocycles. The van der Waals surface area contributed by atoms with E-state index in [1.54, 1.807) is 34.7 Å². The zero-order chi connectivity index (χ0) is 22.6. The summed E-state index contributed by atoms with van der Waals surface area (Å²) < 4.78 is 82.7. The number of fused-ring (bicyclic) bond motifs is 2. The van der Waals surface area contributed by atoms with Crippen molar-refractivity contribution in [2.45, 2.75) is 69.9 Å². The number of likely N-dealkylation sites (N-methyl/N-ethyl adjacent to an activating group) is 1. The maximum atomic E-state index is 12.9. The fourth-order valence-electron chi connectivity index (χ4n) is 3.62. The Bertz CT molecular complexity index is 831. The first kappa shape index (κ1) is 23.1. The second kappa shape index (κ2) is 7.53. The monoisotopic (exact) mass is 458 g/mol. The second-order valence-corrected chi connectivity index (χ2v) is 10.00. The molecule has 0 spiro atoms. The molecule has 9 nitrogen and oxygen atoms in total. The lowest BCUT2D eigenvalue weighted by Gasteiger charge is -2.51. The quantitative estimate of drug-likeness (QED) is 0.469. The molecule has 3 rings (SSSR count). The summed E-state index contributed by atoms with van der Waals surface area (Å²) in [5, 5.41) is 0. The third-order valence-electron chi connectivity index (χ3n) is 5.02. The van der Waals surface area contributed by atoms with Gasteiger partial charge in [0, 0.05) is 31.1 Å². The Morgan fingerprint density at radius 1 is 1.17 bits per heavy atom. The molecular weight excluding hydrogens is 433 g/mol. The van der Waals surface area contributed by atoms with Gasteiger partial charge in [0.2, 0.25) is 0 Å². The van der Waals surface area contributed by atoms with E-state index in [1.807, 2.05) is 4.90 Å². The number of carbonyl (C=O) groups excluding carboxylic acids is 1. The third-order valence-corrected chi connectivity index (χ3v) is 6.01. The van der Waals surface area contributed by atoms with Crippen molar-refractivity contribution < 1.29 is 44.8 Å². The van der Waals surface area contributed by atoms with E-state index in [2.05, 4.69) is 4.18 Å². The van der Waals surface area contributed by atoms with Crippen molar-refractivity contribution in [1.29, 1.82) is 0 Å². The van der Waals surface area contributed by atoms with E-state index in [-0.39, 0.29) is 30.8 Å². The summed E-state index contributed by atoms with van der Waals surface area (Å²) in [5.74, 6) is -0.360. The molecule has 3 heterocycles. The van der Waals surface area contributed by atoms with Gasteiger partial charge in [0.15, 0.2) is 12.6 Å². The Balaban J connectivity index is 1.93. The average Bonchev–Trinajstić information content (AvgIpc) is 2.51. The van der Waals surface area contributed by atoms with E-state index < -0.39 is 52.0 Å². The van der Waals surface area contributed by atoms with Gasteiger partial charge in [-0.15, -0.1) is 0 Å². The zero-order valence-electron chi connectivity index (χ0n) is 17.2. The highest BCUT2D eigenvalue weighted by Gasteiger charge is 2.53. The van der Waals surface area contributed by atoms with Gasteiger partial charge in [-0.25, -0.2) is 4.79 Å². The molecule has 0 aromatic heterocycles. The Hall–Kier alpha value is -1.57. The molecule has 0 N–H and O–H groups in total. The summed E-state index contributed by atoms with van der Waals surface area (Å²) in [7, 11) is -4.12. The largest absolute Gasteiger partial charge is 0.534 e. The van der Waals surface area contributed by atoms with Crippen molar-refractivity contribution in [3.05, 3.63) is 11.3 Å². The molecule has 172 valence electrons. The summed E-state index contributed by atoms with van der Waals surface area (Å²) in [6, 6.07) is -1.14. The molecule has 0 aromatic rings. The zero-order valence-corrected chi connectivity index (χ0v) is 18.0. The van der Waals surface area contributed by atoms with E-state index in [4.69, 9.17) is 14.2 Å². The maximum Gasteiger partial charge on any atom is 0.534 e. The molecule has 13 heteroatoms. The molecule has 2 fully saturated rings. The van der Waals surface area contributed by atoms with E-state index in [0.29, 0.717) is 0 Å². The van der Waals surface area contributed by atoms with Gasteiger partial charge in [0.25, 0.3) is 0 Å². The minimum Gasteiger partial charge on any atom is -0.444 e. The standard InChI is InChI=1S/C17H25F3N2O7S/c1-9-26-14(27-9)13-11-8-22(15(23)28-16(2,3)4)7-10(21(11)5)6-12(13)29-30(24,25)17(18,19)20/h9-11,14H,6-8H2,1-5H3. The van der Waals surface area contributed by atoms with Gasteiger partial charge in [-0.2, -0.15) is 21.6 Å². The van der Waals surface area contributed by atoms with Crippen molar-refractivity contribution in [3.8, 4) is 0 Å². The summed E-state index contributed by atoms with van der Waals surface area (Å²) in [4.78, 5) is 15.8. The summed E-state index contributed by atoms with van der Waals surface area (Å²) in [6.45, 7) is 6.94. The van der Waals surface area contributed by atoms with Crippen LogP contribution in [0.5, 0.6) is 0 Å². The number of rotatable bonds is 3. The van der Waals surface area contributed by atoms with Crippen molar-refractivity contribution in [2.75, 3.05) is 20.1 Å². The van der Waals surface area contributed by atoms with Crippen LogP contribution in [0.15, 0.2) is 11.3 Å². The molecule has 0 aliphatic carbocycles. The molecule has 0 saturated carbocycles. The molecule has 2 unspecified atom stereocenters. The number of alkyl halides is 3. The Kier molecular flexibility index (Phi) is 5.80. The van der Waals surface area contributed by atoms with Crippen molar-refractivity contribution in [3.63, 3.8) is 0 Å². The summed E-state index contributed by atoms with van der Waals surface area (Å²) in [6.07, 6.45) is -2.41. The number of piperazine rings is 1. The highest BCUT2D eigenvalue weighted by Crippen LogP contribution is 2.41. The molecule has 30 heavy (non-hydrogen) atoms. The lowest BCUT2D eigenvalue weighted by atomic mass is 9.89. The van der Waals surface area contributed by atoms with Gasteiger partial charge in [-0.05, 0) is 34.7 Å². The predicted molar refractivity (Wildman–Crippen MR) is 96.3 cm³/mol. The minimum atomic E-state index is -5.86. The van der Waals surface area contributed by atoms with E-state index in [0.717, 1.165) is 0 Å². The van der Waals surface area contributed by atoms with Gasteiger partial charge < -0.3 is 23.3 Å². The van der Waals surface area contributed by atoms with Crippen LogP contribution in [0.2, 0.25) is 0 Å². The normalized spacial score (nSPS) is 30.7. The van der Waals surface area contributed by atoms with E-state index in [9.17, 15) is 26.4 Å². The summed E-state index contributed by atoms with van der Waals surface area (Å²) >= 11 is 0. The molecule has 2 atom stereocenters. The first-order valence-electron chi connectivity index (χ1n) is 9.33. The van der Waals surface area contributed by atoms with Gasteiger partial charge in [0.1, 0.15) is 11.4 Å². The topological polar surface area (TPSA) is 94.6 Å². The Morgan fingerprint density at radius 3 is 2.27 bits per heavy atom. The summed E-state index contributed by atoms with van der Waals surface area (Å²) in [5.41, 5.74) is -6.17. The van der Waals surface area contributed by atoms with Gasteiger partial charge in [-0.3, -0.25) is 4.90 Å². The maximum absolute atomic E-state index is 12.9. The lowest BCUT2D eigenvalue weighted by molar-refractivity contribution is -0.362. The van der Waals surface area contributed by atoms with Crippen LogP contribution in [-0.2, 0) is 28.5 Å². The van der Waals surface area contributed by atoms with Gasteiger partial charge >= 0.3 is 21.7 Å². The van der Waals surface area contributed by atoms with Crippen LogP contribution in [0.25, 0.3) is 0 Å².